The molecule has 5 rings (SSSR count). The van der Waals surface area contributed by atoms with E-state index in [0.717, 1.165) is 48.3 Å². The number of anilines is 1. The average molecular weight is 634 g/mol. The van der Waals surface area contributed by atoms with Crippen molar-refractivity contribution in [3.05, 3.63) is 99.2 Å². The zero-order chi connectivity index (χ0) is 26.9. The van der Waals surface area contributed by atoms with Crippen LogP contribution < -0.4 is 15.2 Å². The number of halogens is 2. The molecular formula is C30H26Br2N4O2. The Morgan fingerprint density at radius 2 is 1.39 bits per heavy atom. The Morgan fingerprint density at radius 1 is 0.789 bits per heavy atom. The molecule has 0 saturated carbocycles. The minimum Gasteiger partial charge on any atom is -0.494 e. The molecule has 5 aromatic rings. The third-order valence-corrected chi connectivity index (χ3v) is 6.17. The maximum atomic E-state index is 5.76. The number of hydrogen-bond acceptors (Lipinski definition) is 5. The van der Waals surface area contributed by atoms with Crippen LogP contribution in [-0.4, -0.2) is 28.2 Å². The van der Waals surface area contributed by atoms with Crippen LogP contribution in [0.4, 0.5) is 5.82 Å². The molecule has 6 nitrogen and oxygen atoms in total. The van der Waals surface area contributed by atoms with E-state index in [9.17, 15) is 0 Å². The molecule has 0 spiro atoms. The first-order valence-electron chi connectivity index (χ1n) is 12.0. The van der Waals surface area contributed by atoms with Crippen LogP contribution >= 0.6 is 31.9 Å². The Hall–Kier alpha value is -3.80. The van der Waals surface area contributed by atoms with Crippen molar-refractivity contribution in [3.8, 4) is 34.6 Å². The number of aromatic amines is 1. The summed E-state index contributed by atoms with van der Waals surface area (Å²) in [6.45, 7) is 5.28. The fraction of sp³-hybridized carbons (Fsp3) is 0.133. The minimum atomic E-state index is 0.432. The third kappa shape index (κ3) is 7.37. The first kappa shape index (κ1) is 27.2. The molecule has 0 unspecified atom stereocenters. The zero-order valence-electron chi connectivity index (χ0n) is 21.0. The molecule has 0 fully saturated rings. The number of pyridine rings is 2. The van der Waals surface area contributed by atoms with Crippen molar-refractivity contribution in [3.63, 3.8) is 0 Å². The molecular weight excluding hydrogens is 608 g/mol. The second-order valence-electron chi connectivity index (χ2n) is 8.03. The second kappa shape index (κ2) is 13.1. The van der Waals surface area contributed by atoms with Crippen molar-refractivity contribution in [2.24, 2.45) is 0 Å². The third-order valence-electron chi connectivity index (χ3n) is 5.31. The molecule has 0 radical (unpaired) electrons. The highest BCUT2D eigenvalue weighted by atomic mass is 79.9. The number of fused-ring (bicyclic) bond motifs is 1. The van der Waals surface area contributed by atoms with Crippen LogP contribution in [-0.2, 0) is 0 Å². The fourth-order valence-corrected chi connectivity index (χ4v) is 4.21. The summed E-state index contributed by atoms with van der Waals surface area (Å²) >= 11 is 6.78. The van der Waals surface area contributed by atoms with Gasteiger partial charge in [0.1, 0.15) is 23.0 Å². The highest BCUT2D eigenvalue weighted by Gasteiger charge is 2.05. The van der Waals surface area contributed by atoms with Gasteiger partial charge in [0.05, 0.1) is 18.8 Å². The molecule has 0 aliphatic rings. The van der Waals surface area contributed by atoms with Crippen molar-refractivity contribution >= 4 is 48.7 Å². The van der Waals surface area contributed by atoms with Gasteiger partial charge < -0.3 is 20.2 Å². The molecule has 0 bridgehead atoms. The van der Waals surface area contributed by atoms with E-state index >= 15 is 0 Å². The van der Waals surface area contributed by atoms with Gasteiger partial charge in [0.15, 0.2) is 0 Å². The number of H-pyrrole nitrogens is 1. The Morgan fingerprint density at radius 3 is 2.05 bits per heavy atom. The van der Waals surface area contributed by atoms with Crippen molar-refractivity contribution in [2.45, 2.75) is 13.8 Å². The van der Waals surface area contributed by atoms with Crippen LogP contribution in [0.15, 0.2) is 88.1 Å². The topological polar surface area (TPSA) is 86.0 Å². The van der Waals surface area contributed by atoms with Crippen molar-refractivity contribution in [1.29, 1.82) is 0 Å². The number of rotatable bonds is 5. The van der Waals surface area contributed by atoms with Crippen LogP contribution in [0.25, 0.3) is 22.3 Å². The molecule has 3 heterocycles. The summed E-state index contributed by atoms with van der Waals surface area (Å²) < 4.78 is 12.7. The molecule has 8 heteroatoms. The van der Waals surface area contributed by atoms with E-state index in [1.165, 1.54) is 0 Å². The molecule has 2 aromatic carbocycles. The van der Waals surface area contributed by atoms with Crippen LogP contribution in [0.3, 0.4) is 0 Å². The van der Waals surface area contributed by atoms with Gasteiger partial charge in [-0.15, -0.1) is 0 Å². The number of aromatic nitrogens is 3. The number of benzene rings is 2. The Bertz CT molecular complexity index is 1570. The van der Waals surface area contributed by atoms with E-state index in [1.807, 2.05) is 68.4 Å². The van der Waals surface area contributed by atoms with E-state index in [-0.39, 0.29) is 0 Å². The quantitative estimate of drug-likeness (QED) is 0.195. The van der Waals surface area contributed by atoms with Crippen LogP contribution in [0.5, 0.6) is 11.5 Å². The molecule has 192 valence electrons. The largest absolute Gasteiger partial charge is 0.494 e. The summed E-state index contributed by atoms with van der Waals surface area (Å²) in [4.78, 5) is 11.7. The van der Waals surface area contributed by atoms with Gasteiger partial charge in [-0.2, -0.15) is 0 Å². The lowest BCUT2D eigenvalue weighted by Crippen LogP contribution is -1.93. The molecule has 0 atom stereocenters. The first-order valence-corrected chi connectivity index (χ1v) is 13.6. The summed E-state index contributed by atoms with van der Waals surface area (Å²) in [5, 5.41) is 1.10. The maximum absolute atomic E-state index is 5.76. The standard InChI is InChI=1S/2C15H13BrN2O/c1-2-19-13-5-3-10(4-6-13)14-8-11-7-12(16)9-17-15(11)18-14;1-2-19-14-7-4-11(5-8-14)3-6-12-9-13(16)10-18-15(12)17/h3-9H,2H2,1H3,(H,17,18);4-5,7-10H,2H2,1H3,(H2,17,18). The molecule has 38 heavy (non-hydrogen) atoms. The number of nitrogens with one attached hydrogen (secondary N) is 1. The second-order valence-corrected chi connectivity index (χ2v) is 9.86. The van der Waals surface area contributed by atoms with Gasteiger partial charge >= 0.3 is 0 Å². The van der Waals surface area contributed by atoms with Gasteiger partial charge in [-0.1, -0.05) is 11.8 Å². The van der Waals surface area contributed by atoms with Crippen LogP contribution in [0, 0.1) is 11.8 Å². The minimum absolute atomic E-state index is 0.432. The van der Waals surface area contributed by atoms with E-state index in [4.69, 9.17) is 15.2 Å². The molecule has 0 aliphatic carbocycles. The number of ether oxygens (including phenoxy) is 2. The predicted octanol–water partition coefficient (Wildman–Crippen LogP) is 7.62. The molecule has 0 aliphatic heterocycles. The van der Waals surface area contributed by atoms with Crippen molar-refractivity contribution in [1.82, 2.24) is 15.0 Å². The SMILES string of the molecule is CCOc1ccc(-c2cc3cc(Br)cnc3[nH]2)cc1.CCOc1ccc(C#Cc2cc(Br)cnc2N)cc1. The fourth-order valence-electron chi connectivity index (χ4n) is 3.53. The summed E-state index contributed by atoms with van der Waals surface area (Å²) in [6.07, 6.45) is 3.44. The van der Waals surface area contributed by atoms with Crippen LogP contribution in [0.1, 0.15) is 25.0 Å². The van der Waals surface area contributed by atoms with Crippen LogP contribution in [0.2, 0.25) is 0 Å². The molecule has 0 amide bonds. The van der Waals surface area contributed by atoms with Gasteiger partial charge in [0.25, 0.3) is 0 Å². The smallest absolute Gasteiger partial charge is 0.139 e. The average Bonchev–Trinajstić information content (AvgIpc) is 3.34. The Kier molecular flexibility index (Phi) is 9.41. The zero-order valence-corrected chi connectivity index (χ0v) is 24.1. The van der Waals surface area contributed by atoms with Gasteiger partial charge in [0, 0.05) is 38.0 Å². The van der Waals surface area contributed by atoms with E-state index in [1.54, 1.807) is 12.4 Å². The number of nitrogens with two attached hydrogens (primary N) is 1. The monoisotopic (exact) mass is 632 g/mol. The van der Waals surface area contributed by atoms with Gasteiger partial charge in [0.2, 0.25) is 0 Å². The lowest BCUT2D eigenvalue weighted by molar-refractivity contribution is 0.340. The van der Waals surface area contributed by atoms with Crippen molar-refractivity contribution < 1.29 is 9.47 Å². The van der Waals surface area contributed by atoms with E-state index < -0.39 is 0 Å². The normalized spacial score (nSPS) is 10.2. The first-order chi connectivity index (χ1) is 18.4. The van der Waals surface area contributed by atoms with E-state index in [0.29, 0.717) is 24.6 Å². The van der Waals surface area contributed by atoms with Gasteiger partial charge in [-0.25, -0.2) is 9.97 Å². The summed E-state index contributed by atoms with van der Waals surface area (Å²) in [7, 11) is 0. The number of hydrogen-bond donors (Lipinski definition) is 2. The molecule has 3 N–H and O–H groups in total. The highest BCUT2D eigenvalue weighted by Crippen LogP contribution is 2.26. The Labute approximate surface area is 238 Å². The van der Waals surface area contributed by atoms with Crippen molar-refractivity contribution in [2.75, 3.05) is 18.9 Å². The number of nitrogens with zero attached hydrogens (tertiary/aromatic N) is 2. The maximum Gasteiger partial charge on any atom is 0.139 e. The number of nitrogen functional groups attached to an aromatic ring is 1. The summed E-state index contributed by atoms with van der Waals surface area (Å²) in [5.74, 6) is 8.23. The molecule has 0 saturated heterocycles. The highest BCUT2D eigenvalue weighted by molar-refractivity contribution is 9.10. The van der Waals surface area contributed by atoms with Gasteiger partial charge in [-0.3, -0.25) is 0 Å². The molecule has 3 aromatic heterocycles. The van der Waals surface area contributed by atoms with Gasteiger partial charge in [-0.05, 0) is 118 Å². The lowest BCUT2D eigenvalue weighted by atomic mass is 10.1. The lowest BCUT2D eigenvalue weighted by Gasteiger charge is -2.03. The summed E-state index contributed by atoms with van der Waals surface area (Å²) in [6, 6.07) is 21.7. The summed E-state index contributed by atoms with van der Waals surface area (Å²) in [5.41, 5.74) is 10.5. The predicted molar refractivity (Wildman–Crippen MR) is 160 cm³/mol. The Balaban J connectivity index is 0.000000177. The van der Waals surface area contributed by atoms with E-state index in [2.05, 4.69) is 70.8 Å².